The molecule has 256 valence electrons. The molecule has 0 aliphatic carbocycles. The van der Waals surface area contributed by atoms with Crippen LogP contribution in [-0.4, -0.2) is 101 Å². The molecule has 7 atom stereocenters. The fraction of sp³-hybridized carbons (Fsp3) is 0.611. The third-order valence-corrected chi connectivity index (χ3v) is 9.68. The number of ether oxygens (including phenoxy) is 3. The Hall–Kier alpha value is -3.54. The second-order valence-corrected chi connectivity index (χ2v) is 13.9. The Morgan fingerprint density at radius 3 is 2.47 bits per heavy atom. The van der Waals surface area contributed by atoms with Gasteiger partial charge in [-0.05, 0) is 45.6 Å². The number of hydrogen-bond donors (Lipinski definition) is 2. The molecule has 0 unspecified atom stereocenters. The van der Waals surface area contributed by atoms with Crippen LogP contribution in [0.4, 0.5) is 0 Å². The number of unbranched alkanes of at least 4 members (excludes halogenated alkanes) is 3. The van der Waals surface area contributed by atoms with Crippen LogP contribution in [0.5, 0.6) is 0 Å². The molecule has 47 heavy (non-hydrogen) atoms. The van der Waals surface area contributed by atoms with Crippen molar-refractivity contribution in [3.8, 4) is 0 Å². The molecule has 0 aromatic heterocycles. The Labute approximate surface area is 277 Å². The molecule has 11 heteroatoms. The lowest BCUT2D eigenvalue weighted by molar-refractivity contribution is -0.162. The van der Waals surface area contributed by atoms with Crippen molar-refractivity contribution in [3.63, 3.8) is 0 Å². The molecular formula is C36H49N3O8. The van der Waals surface area contributed by atoms with Gasteiger partial charge in [-0.15, -0.1) is 0 Å². The number of cyclic esters (lactones) is 1. The number of fused-ring (bicyclic) bond motifs is 2. The predicted octanol–water partition coefficient (Wildman–Crippen LogP) is 3.08. The van der Waals surface area contributed by atoms with Crippen LogP contribution in [0.2, 0.25) is 0 Å². The van der Waals surface area contributed by atoms with Gasteiger partial charge < -0.3 is 34.4 Å². The van der Waals surface area contributed by atoms with Crippen molar-refractivity contribution < 1.29 is 38.5 Å². The zero-order valence-electron chi connectivity index (χ0n) is 27.9. The monoisotopic (exact) mass is 651 g/mol. The molecule has 5 bridgehead atoms. The number of likely N-dealkylation sites (tertiary alicyclic amines) is 1. The fourth-order valence-corrected chi connectivity index (χ4v) is 7.45. The van der Waals surface area contributed by atoms with E-state index < -0.39 is 53.2 Å². The highest BCUT2D eigenvalue weighted by atomic mass is 16.6. The molecule has 2 saturated heterocycles. The number of rotatable bonds is 9. The molecular weight excluding hydrogens is 602 g/mol. The largest absolute Gasteiger partial charge is 0.455 e. The minimum Gasteiger partial charge on any atom is -0.455 e. The minimum atomic E-state index is -1.32. The van der Waals surface area contributed by atoms with Crippen LogP contribution >= 0.6 is 0 Å². The summed E-state index contributed by atoms with van der Waals surface area (Å²) in [5.74, 6) is -3.34. The smallest absolute Gasteiger partial charge is 0.313 e. The van der Waals surface area contributed by atoms with Crippen LogP contribution in [-0.2, 0) is 33.4 Å². The number of aliphatic hydroxyl groups is 1. The summed E-state index contributed by atoms with van der Waals surface area (Å²) >= 11 is 0. The minimum absolute atomic E-state index is 0.0897. The van der Waals surface area contributed by atoms with E-state index in [1.54, 1.807) is 15.9 Å². The number of hydrogen-bond acceptors (Lipinski definition) is 8. The van der Waals surface area contributed by atoms with Crippen molar-refractivity contribution in [2.75, 3.05) is 33.4 Å². The topological polar surface area (TPSA) is 135 Å². The molecule has 0 radical (unpaired) electrons. The quantitative estimate of drug-likeness (QED) is 0.237. The fourth-order valence-electron chi connectivity index (χ4n) is 7.45. The standard InChI is InChI=1S/C36H49N3O8/c1-35(2,3)39-21-13-8-11-17-27(41)37-25(23-45-4)30(24-15-9-7-10-16-24)46-34(44)28-26-18-19-36(47-26)29(28)32(42)38(31(36)33(39)43)20-12-5-6-14-22-40/h7-10,13,15-16,18-19,25-26,28-31,40H,5-6,11-12,14,17,20-23H2,1-4H3,(H,37,41)/b13-8-/t25-,26+,28-,29-,30-,31+,36-/m0/s1. The van der Waals surface area contributed by atoms with Crippen molar-refractivity contribution in [1.82, 2.24) is 15.1 Å². The number of nitrogens with zero attached hydrogens (tertiary/aromatic N) is 2. The van der Waals surface area contributed by atoms with E-state index in [9.17, 15) is 24.3 Å². The van der Waals surface area contributed by atoms with Gasteiger partial charge in [-0.1, -0.05) is 67.5 Å². The van der Waals surface area contributed by atoms with Gasteiger partial charge in [0, 0.05) is 38.8 Å². The number of nitrogens with one attached hydrogen (secondary N) is 1. The van der Waals surface area contributed by atoms with E-state index >= 15 is 0 Å². The van der Waals surface area contributed by atoms with E-state index in [1.807, 2.05) is 69.3 Å². The number of carbonyl (C=O) groups excluding carboxylic acids is 4. The SMILES string of the molecule is COC[C@@H]1NC(=O)CC/C=C\CN(C(C)(C)C)C(=O)[C@H]2N(CCCCCCO)C(=O)[C@@H]3[C@@H](C(=O)O[C@H]1c1ccccc1)[C@H]1C=C[C@]32O1. The number of methoxy groups -OCH3 is 1. The van der Waals surface area contributed by atoms with Gasteiger partial charge >= 0.3 is 5.97 Å². The summed E-state index contributed by atoms with van der Waals surface area (Å²) in [7, 11) is 1.52. The van der Waals surface area contributed by atoms with Crippen LogP contribution in [0.1, 0.15) is 71.0 Å². The first-order chi connectivity index (χ1) is 22.5. The van der Waals surface area contributed by atoms with Crippen LogP contribution in [0.15, 0.2) is 54.6 Å². The lowest BCUT2D eigenvalue weighted by Crippen LogP contribution is -2.59. The van der Waals surface area contributed by atoms with Gasteiger partial charge in [-0.25, -0.2) is 0 Å². The van der Waals surface area contributed by atoms with Crippen LogP contribution in [0.25, 0.3) is 0 Å². The summed E-state index contributed by atoms with van der Waals surface area (Å²) < 4.78 is 18.3. The molecule has 2 N–H and O–H groups in total. The summed E-state index contributed by atoms with van der Waals surface area (Å²) in [5.41, 5.74) is -1.25. The Morgan fingerprint density at radius 1 is 1.02 bits per heavy atom. The zero-order chi connectivity index (χ0) is 33.8. The molecule has 3 amide bonds. The van der Waals surface area contributed by atoms with E-state index in [-0.39, 0.29) is 43.9 Å². The average Bonchev–Trinajstić information content (AvgIpc) is 3.67. The first-order valence-electron chi connectivity index (χ1n) is 16.8. The second-order valence-electron chi connectivity index (χ2n) is 13.9. The third-order valence-electron chi connectivity index (χ3n) is 9.68. The Balaban J connectivity index is 1.57. The molecule has 4 aliphatic heterocycles. The van der Waals surface area contributed by atoms with E-state index in [0.717, 1.165) is 12.8 Å². The first kappa shape index (κ1) is 34.8. The van der Waals surface area contributed by atoms with E-state index in [2.05, 4.69) is 5.32 Å². The molecule has 1 spiro atoms. The molecule has 1 aromatic carbocycles. The van der Waals surface area contributed by atoms with Gasteiger partial charge in [0.2, 0.25) is 17.7 Å². The maximum Gasteiger partial charge on any atom is 0.313 e. The number of allylic oxidation sites excluding steroid dienone is 1. The Morgan fingerprint density at radius 2 is 1.77 bits per heavy atom. The lowest BCUT2D eigenvalue weighted by Gasteiger charge is -2.41. The molecule has 11 nitrogen and oxygen atoms in total. The Kier molecular flexibility index (Phi) is 10.9. The predicted molar refractivity (Wildman–Crippen MR) is 174 cm³/mol. The molecule has 4 heterocycles. The summed E-state index contributed by atoms with van der Waals surface area (Å²) in [5, 5.41) is 12.2. The van der Waals surface area contributed by atoms with E-state index in [4.69, 9.17) is 14.2 Å². The highest BCUT2D eigenvalue weighted by Crippen LogP contribution is 2.56. The van der Waals surface area contributed by atoms with Crippen LogP contribution < -0.4 is 5.32 Å². The zero-order valence-corrected chi connectivity index (χ0v) is 27.9. The maximum atomic E-state index is 14.7. The summed E-state index contributed by atoms with van der Waals surface area (Å²) in [6.07, 6.45) is 9.26. The Bertz CT molecular complexity index is 1360. The van der Waals surface area contributed by atoms with Gasteiger partial charge in [0.05, 0.1) is 24.7 Å². The van der Waals surface area contributed by atoms with E-state index in [1.165, 1.54) is 7.11 Å². The number of amides is 3. The number of benzene rings is 1. The number of esters is 1. The van der Waals surface area contributed by atoms with Crippen LogP contribution in [0, 0.1) is 11.8 Å². The highest BCUT2D eigenvalue weighted by Gasteiger charge is 2.73. The maximum absolute atomic E-state index is 14.7. The molecule has 1 aromatic rings. The molecule has 5 rings (SSSR count). The van der Waals surface area contributed by atoms with Crippen molar-refractivity contribution >= 4 is 23.7 Å². The summed E-state index contributed by atoms with van der Waals surface area (Å²) in [4.78, 5) is 59.9. The molecule has 4 aliphatic rings. The molecule has 2 fully saturated rings. The van der Waals surface area contributed by atoms with Gasteiger partial charge in [0.15, 0.2) is 0 Å². The van der Waals surface area contributed by atoms with Crippen molar-refractivity contribution in [2.24, 2.45) is 11.8 Å². The average molecular weight is 652 g/mol. The summed E-state index contributed by atoms with van der Waals surface area (Å²) in [6, 6.07) is 7.51. The van der Waals surface area contributed by atoms with Gasteiger partial charge in [0.1, 0.15) is 23.7 Å². The number of carbonyl (C=O) groups is 4. The molecule has 0 saturated carbocycles. The highest BCUT2D eigenvalue weighted by molar-refractivity contribution is 5.99. The normalized spacial score (nSPS) is 32.0. The van der Waals surface area contributed by atoms with Gasteiger partial charge in [0.25, 0.3) is 0 Å². The summed E-state index contributed by atoms with van der Waals surface area (Å²) in [6.45, 7) is 6.64. The van der Waals surface area contributed by atoms with Crippen molar-refractivity contribution in [3.05, 3.63) is 60.2 Å². The van der Waals surface area contributed by atoms with Crippen LogP contribution in [0.3, 0.4) is 0 Å². The third kappa shape index (κ3) is 7.03. The number of aliphatic hydroxyl groups excluding tert-OH is 1. The van der Waals surface area contributed by atoms with Gasteiger partial charge in [-0.2, -0.15) is 0 Å². The van der Waals surface area contributed by atoms with E-state index in [0.29, 0.717) is 31.4 Å². The van der Waals surface area contributed by atoms with Crippen molar-refractivity contribution in [1.29, 1.82) is 0 Å². The lowest BCUT2D eigenvalue weighted by atomic mass is 9.74. The first-order valence-corrected chi connectivity index (χ1v) is 16.8. The van der Waals surface area contributed by atoms with Crippen molar-refractivity contribution in [2.45, 2.75) is 94.7 Å². The van der Waals surface area contributed by atoms with Gasteiger partial charge in [-0.3, -0.25) is 19.2 Å². The second kappa shape index (κ2) is 14.7.